The summed E-state index contributed by atoms with van der Waals surface area (Å²) >= 11 is 0. The van der Waals surface area contributed by atoms with Gasteiger partial charge in [-0.1, -0.05) is 24.3 Å². The van der Waals surface area contributed by atoms with Crippen LogP contribution in [0.1, 0.15) is 86.1 Å². The summed E-state index contributed by atoms with van der Waals surface area (Å²) in [6, 6.07) is 8.97. The molecule has 0 spiro atoms. The highest BCUT2D eigenvalue weighted by Crippen LogP contribution is 2.52. The minimum atomic E-state index is -2.18. The summed E-state index contributed by atoms with van der Waals surface area (Å²) in [5, 5.41) is 90.8. The van der Waals surface area contributed by atoms with E-state index in [9.17, 15) is 69.6 Å². The molecular formula is C42H44N2O19. The summed E-state index contributed by atoms with van der Waals surface area (Å²) in [5.74, 6) is -6.12. The van der Waals surface area contributed by atoms with Crippen LogP contribution >= 0.6 is 0 Å². The molecule has 0 saturated carbocycles. The number of aliphatic carboxylic acids is 1. The summed E-state index contributed by atoms with van der Waals surface area (Å²) in [6.07, 6.45) is -17.6. The normalized spacial score (nSPS) is 30.0. The second-order valence-electron chi connectivity index (χ2n) is 15.7. The van der Waals surface area contributed by atoms with E-state index in [4.69, 9.17) is 23.7 Å². The van der Waals surface area contributed by atoms with E-state index in [-0.39, 0.29) is 45.7 Å². The van der Waals surface area contributed by atoms with Gasteiger partial charge in [-0.3, -0.25) is 24.5 Å². The average Bonchev–Trinajstić information content (AvgIpc) is 3.24. The monoisotopic (exact) mass is 880 g/mol. The van der Waals surface area contributed by atoms with Crippen LogP contribution < -0.4 is 15.4 Å². The molecule has 63 heavy (non-hydrogen) atoms. The number of anilines is 1. The Labute approximate surface area is 356 Å². The molecule has 11 atom stereocenters. The number of hydrogen-bond donors (Lipinski definition) is 10. The number of benzene rings is 3. The Morgan fingerprint density at radius 2 is 1.57 bits per heavy atom. The van der Waals surface area contributed by atoms with Gasteiger partial charge in [0.2, 0.25) is 12.1 Å². The molecule has 2 aliphatic carbocycles. The highest BCUT2D eigenvalue weighted by molar-refractivity contribution is 6.31. The Kier molecular flexibility index (Phi) is 12.4. The number of carboxylic acid groups (broad SMARTS) is 1. The zero-order chi connectivity index (χ0) is 45.8. The average molecular weight is 881 g/mol. The van der Waals surface area contributed by atoms with Gasteiger partial charge in [0.15, 0.2) is 29.7 Å². The van der Waals surface area contributed by atoms with Gasteiger partial charge < -0.3 is 69.9 Å². The molecule has 3 aromatic rings. The third-order valence-corrected chi connectivity index (χ3v) is 11.8. The van der Waals surface area contributed by atoms with Crippen molar-refractivity contribution < 1.29 is 93.3 Å². The number of phenols is 2. The van der Waals surface area contributed by atoms with E-state index in [1.807, 2.05) is 0 Å². The number of amides is 1. The van der Waals surface area contributed by atoms with Crippen LogP contribution in [0.4, 0.5) is 10.5 Å². The van der Waals surface area contributed by atoms with Crippen LogP contribution in [0.3, 0.4) is 0 Å². The number of fused-ring (bicyclic) bond motifs is 3. The first-order valence-electron chi connectivity index (χ1n) is 19.6. The van der Waals surface area contributed by atoms with E-state index in [1.165, 1.54) is 56.5 Å². The molecule has 1 amide bonds. The maximum atomic E-state index is 14.0. The van der Waals surface area contributed by atoms with Gasteiger partial charge in [-0.2, -0.15) is 0 Å². The van der Waals surface area contributed by atoms with Gasteiger partial charge in [-0.25, -0.2) is 9.59 Å². The second kappa shape index (κ2) is 17.4. The van der Waals surface area contributed by atoms with Gasteiger partial charge in [0.1, 0.15) is 41.2 Å². The number of carbonyl (C=O) groups excluding carboxylic acids is 5. The first-order chi connectivity index (χ1) is 29.8. The molecule has 2 fully saturated rings. The molecule has 2 saturated heterocycles. The molecule has 7 rings (SSSR count). The van der Waals surface area contributed by atoms with E-state index in [0.29, 0.717) is 0 Å². The molecule has 10 N–H and O–H groups in total. The van der Waals surface area contributed by atoms with Crippen molar-refractivity contribution in [1.29, 1.82) is 0 Å². The van der Waals surface area contributed by atoms with E-state index in [1.54, 1.807) is 0 Å². The third-order valence-electron chi connectivity index (χ3n) is 11.8. The predicted molar refractivity (Wildman–Crippen MR) is 209 cm³/mol. The van der Waals surface area contributed by atoms with Crippen LogP contribution in [0.25, 0.3) is 0 Å². The number of carboxylic acids is 1. The van der Waals surface area contributed by atoms with Crippen molar-refractivity contribution >= 4 is 40.9 Å². The first-order valence-corrected chi connectivity index (χ1v) is 19.6. The van der Waals surface area contributed by atoms with Crippen molar-refractivity contribution in [2.45, 2.75) is 100 Å². The molecule has 0 bridgehead atoms. The summed E-state index contributed by atoms with van der Waals surface area (Å²) in [7, 11) is 1.29. The Morgan fingerprint density at radius 3 is 2.25 bits per heavy atom. The molecule has 0 aromatic heterocycles. The standard InChI is InChI=1S/C42H44N2O19/c1-15-30(47)21(43-14-22(46)17-7-4-5-9-20(17)44-41(57)63-40-37(54)35(52)36(53)38(62-40)39(55)56)11-25(60-15)61-24-13-42(58,16(2)45)12-19-27(24)34(51)29-28(32(19)49)31(48)18-8-6-10-23(59-3)26(18)33(29)50/h4-10,15,21,24-25,30,35-38,40,43,47,49,51-54,58H,11-14H2,1-3H3,(H,44,57)(H,55,56)/t15-,21-,24-,25-,30+,35-,36-,37+,38-,40-,42-/m0/s1. The number of aliphatic hydroxyl groups excluding tert-OH is 4. The largest absolute Gasteiger partial charge is 0.507 e. The molecule has 0 radical (unpaired) electrons. The first kappa shape index (κ1) is 45.2. The lowest BCUT2D eigenvalue weighted by Crippen LogP contribution is -2.60. The number of methoxy groups -OCH3 is 1. The smallest absolute Gasteiger partial charge is 0.414 e. The van der Waals surface area contributed by atoms with Crippen LogP contribution in [-0.4, -0.2) is 151 Å². The highest BCUT2D eigenvalue weighted by Gasteiger charge is 2.51. The van der Waals surface area contributed by atoms with Crippen molar-refractivity contribution in [3.05, 3.63) is 81.4 Å². The molecule has 2 aliphatic heterocycles. The van der Waals surface area contributed by atoms with E-state index in [0.717, 1.165) is 6.92 Å². The van der Waals surface area contributed by atoms with E-state index < -0.39 is 144 Å². The molecule has 21 heteroatoms. The highest BCUT2D eigenvalue weighted by atomic mass is 16.7. The van der Waals surface area contributed by atoms with Crippen molar-refractivity contribution in [3.8, 4) is 17.2 Å². The Hall–Kier alpha value is -5.88. The second-order valence-corrected chi connectivity index (χ2v) is 15.7. The number of nitrogens with one attached hydrogen (secondary N) is 2. The van der Waals surface area contributed by atoms with Crippen LogP contribution in [0, 0.1) is 0 Å². The Bertz CT molecular complexity index is 2390. The van der Waals surface area contributed by atoms with Crippen molar-refractivity contribution in [3.63, 3.8) is 0 Å². The molecule has 3 aromatic carbocycles. The molecule has 4 aliphatic rings. The maximum Gasteiger partial charge on any atom is 0.414 e. The summed E-state index contributed by atoms with van der Waals surface area (Å²) in [4.78, 5) is 78.5. The van der Waals surface area contributed by atoms with Gasteiger partial charge >= 0.3 is 12.1 Å². The number of ether oxygens (including phenoxy) is 5. The predicted octanol–water partition coefficient (Wildman–Crippen LogP) is -0.0166. The number of para-hydroxylation sites is 1. The Morgan fingerprint density at radius 1 is 0.873 bits per heavy atom. The van der Waals surface area contributed by atoms with Gasteiger partial charge in [0.05, 0.1) is 54.3 Å². The SMILES string of the molecule is COc1cccc2c1C(=O)c1c(O)c3c(c(O)c1C2=O)C[C@@](O)(C(C)=O)C[C@@H]3O[C@H]1C[C@H](NCC(=O)c2ccccc2NC(=O)O[C@@H]2O[C@H](C(=O)O)[C@@H](O)[C@H](O)[C@H]2O)[C@H](O)[C@H](C)O1. The zero-order valence-electron chi connectivity index (χ0n) is 33.7. The number of rotatable bonds is 11. The fraction of sp³-hybridized carbons (Fsp3) is 0.429. The van der Waals surface area contributed by atoms with E-state index >= 15 is 0 Å². The third kappa shape index (κ3) is 8.14. The zero-order valence-corrected chi connectivity index (χ0v) is 33.7. The summed E-state index contributed by atoms with van der Waals surface area (Å²) in [6.45, 7) is 2.16. The Balaban J connectivity index is 1.09. The molecule has 21 nitrogen and oxygen atoms in total. The van der Waals surface area contributed by atoms with Crippen LogP contribution in [0.2, 0.25) is 0 Å². The molecule has 2 heterocycles. The number of aromatic hydroxyl groups is 2. The summed E-state index contributed by atoms with van der Waals surface area (Å²) in [5.41, 5.74) is -4.03. The minimum absolute atomic E-state index is 0.0424. The molecular weight excluding hydrogens is 836 g/mol. The van der Waals surface area contributed by atoms with Gasteiger partial charge in [0.25, 0.3) is 0 Å². The lowest BCUT2D eigenvalue weighted by Gasteiger charge is -2.43. The number of ketones is 4. The van der Waals surface area contributed by atoms with Crippen LogP contribution in [-0.2, 0) is 35.0 Å². The van der Waals surface area contributed by atoms with Gasteiger partial charge in [-0.15, -0.1) is 0 Å². The lowest BCUT2D eigenvalue weighted by atomic mass is 9.72. The van der Waals surface area contributed by atoms with Crippen molar-refractivity contribution in [2.75, 3.05) is 19.0 Å². The van der Waals surface area contributed by atoms with Crippen LogP contribution in [0.15, 0.2) is 42.5 Å². The number of aliphatic hydroxyl groups is 5. The van der Waals surface area contributed by atoms with E-state index in [2.05, 4.69) is 10.6 Å². The number of phenolic OH excluding ortho intramolecular Hbond substituents is 2. The minimum Gasteiger partial charge on any atom is -0.507 e. The maximum absolute atomic E-state index is 14.0. The van der Waals surface area contributed by atoms with Crippen molar-refractivity contribution in [2.24, 2.45) is 0 Å². The number of carbonyl (C=O) groups is 6. The van der Waals surface area contributed by atoms with Crippen LogP contribution in [0.5, 0.6) is 17.2 Å². The topological polar surface area (TPSA) is 334 Å². The quantitative estimate of drug-likeness (QED) is 0.0699. The fourth-order valence-corrected chi connectivity index (χ4v) is 8.38. The van der Waals surface area contributed by atoms with Gasteiger partial charge in [0, 0.05) is 47.6 Å². The fourth-order valence-electron chi connectivity index (χ4n) is 8.38. The van der Waals surface area contributed by atoms with Gasteiger partial charge in [-0.05, 0) is 32.0 Å². The molecule has 336 valence electrons. The summed E-state index contributed by atoms with van der Waals surface area (Å²) < 4.78 is 27.5. The lowest BCUT2D eigenvalue weighted by molar-refractivity contribution is -0.277. The number of Topliss-reactive ketones (excluding diaryl/α,β-unsaturated/α-hetero) is 2. The number of hydrogen-bond acceptors (Lipinski definition) is 19. The van der Waals surface area contributed by atoms with Crippen molar-refractivity contribution in [1.82, 2.24) is 5.32 Å². The molecule has 0 unspecified atom stereocenters.